The SMILES string of the molecule is O=C(CCCn1c(=O)oc2cc([N+](=O)[O-])ccc21)NCC(c1ccc(F)cc1)N1CCOCC1. The number of hydrogen-bond acceptors (Lipinski definition) is 7. The first kappa shape index (κ1) is 23.6. The first-order valence-electron chi connectivity index (χ1n) is 11.0. The van der Waals surface area contributed by atoms with Crippen LogP contribution in [0.5, 0.6) is 0 Å². The number of amides is 1. The molecule has 1 amide bonds. The Bertz CT molecular complexity index is 1220. The molecule has 0 aliphatic carbocycles. The Kier molecular flexibility index (Phi) is 7.33. The van der Waals surface area contributed by atoms with Crippen molar-refractivity contribution in [2.24, 2.45) is 0 Å². The number of oxazole rings is 1. The molecule has 0 saturated carbocycles. The van der Waals surface area contributed by atoms with Gasteiger partial charge in [0.05, 0.1) is 35.8 Å². The van der Waals surface area contributed by atoms with E-state index in [1.807, 2.05) is 0 Å². The van der Waals surface area contributed by atoms with Crippen LogP contribution in [0.2, 0.25) is 0 Å². The van der Waals surface area contributed by atoms with Gasteiger partial charge in [0.25, 0.3) is 5.69 Å². The minimum Gasteiger partial charge on any atom is -0.407 e. The highest BCUT2D eigenvalue weighted by molar-refractivity contribution is 5.76. The lowest BCUT2D eigenvalue weighted by atomic mass is 10.0. The van der Waals surface area contributed by atoms with Crippen LogP contribution in [-0.2, 0) is 16.1 Å². The maximum absolute atomic E-state index is 13.4. The molecule has 1 aromatic heterocycles. The molecule has 3 aromatic rings. The summed E-state index contributed by atoms with van der Waals surface area (Å²) in [4.78, 5) is 37.2. The maximum Gasteiger partial charge on any atom is 0.419 e. The van der Waals surface area contributed by atoms with Gasteiger partial charge in [0.2, 0.25) is 5.91 Å². The number of fused-ring (bicyclic) bond motifs is 1. The third kappa shape index (κ3) is 5.49. The zero-order valence-corrected chi connectivity index (χ0v) is 18.4. The van der Waals surface area contributed by atoms with Crippen LogP contribution in [0.25, 0.3) is 11.1 Å². The fourth-order valence-electron chi connectivity index (χ4n) is 4.11. The summed E-state index contributed by atoms with van der Waals surface area (Å²) in [7, 11) is 0. The molecule has 34 heavy (non-hydrogen) atoms. The van der Waals surface area contributed by atoms with Crippen LogP contribution in [0.15, 0.2) is 51.7 Å². The lowest BCUT2D eigenvalue weighted by Gasteiger charge is -2.35. The van der Waals surface area contributed by atoms with Crippen LogP contribution >= 0.6 is 0 Å². The molecule has 1 aliphatic heterocycles. The summed E-state index contributed by atoms with van der Waals surface area (Å²) in [5.41, 5.74) is 1.33. The zero-order chi connectivity index (χ0) is 24.1. The van der Waals surface area contributed by atoms with Crippen molar-refractivity contribution in [3.05, 3.63) is 74.5 Å². The summed E-state index contributed by atoms with van der Waals surface area (Å²) in [6, 6.07) is 10.1. The number of morpholine rings is 1. The molecule has 10 nitrogen and oxygen atoms in total. The Labute approximate surface area is 194 Å². The Hall–Kier alpha value is -3.57. The second kappa shape index (κ2) is 10.6. The molecule has 2 aromatic carbocycles. The normalized spacial score (nSPS) is 15.3. The van der Waals surface area contributed by atoms with Crippen LogP contribution in [0.4, 0.5) is 10.1 Å². The molecule has 0 bridgehead atoms. The van der Waals surface area contributed by atoms with E-state index in [1.165, 1.54) is 34.9 Å². The number of non-ortho nitro benzene ring substituents is 1. The fraction of sp³-hybridized carbons (Fsp3) is 0.391. The molecule has 11 heteroatoms. The van der Waals surface area contributed by atoms with Crippen molar-refractivity contribution in [1.29, 1.82) is 0 Å². The van der Waals surface area contributed by atoms with Gasteiger partial charge in [-0.05, 0) is 30.2 Å². The van der Waals surface area contributed by atoms with Crippen molar-refractivity contribution in [2.45, 2.75) is 25.4 Å². The van der Waals surface area contributed by atoms with Gasteiger partial charge in [0.1, 0.15) is 5.82 Å². The van der Waals surface area contributed by atoms with E-state index in [0.29, 0.717) is 44.8 Å². The molecule has 180 valence electrons. The van der Waals surface area contributed by atoms with E-state index in [0.717, 1.165) is 5.56 Å². The van der Waals surface area contributed by atoms with Gasteiger partial charge in [-0.2, -0.15) is 0 Å². The number of nitro groups is 1. The van der Waals surface area contributed by atoms with E-state index in [-0.39, 0.29) is 42.0 Å². The van der Waals surface area contributed by atoms with Gasteiger partial charge in [-0.25, -0.2) is 9.18 Å². The number of nitrogens with one attached hydrogen (secondary N) is 1. The number of carbonyl (C=O) groups is 1. The van der Waals surface area contributed by atoms with Crippen molar-refractivity contribution < 1.29 is 23.3 Å². The first-order chi connectivity index (χ1) is 16.4. The first-order valence-corrected chi connectivity index (χ1v) is 11.0. The Balaban J connectivity index is 1.35. The van der Waals surface area contributed by atoms with Crippen molar-refractivity contribution in [1.82, 2.24) is 14.8 Å². The van der Waals surface area contributed by atoms with Crippen LogP contribution < -0.4 is 11.1 Å². The van der Waals surface area contributed by atoms with E-state index in [9.17, 15) is 24.1 Å². The number of carbonyl (C=O) groups excluding carboxylic acids is 1. The average Bonchev–Trinajstić information content (AvgIpc) is 3.15. The number of aromatic nitrogens is 1. The second-order valence-corrected chi connectivity index (χ2v) is 8.05. The van der Waals surface area contributed by atoms with Gasteiger partial charge in [0, 0.05) is 38.7 Å². The number of ether oxygens (including phenoxy) is 1. The highest BCUT2D eigenvalue weighted by Crippen LogP contribution is 2.22. The minimum atomic E-state index is -0.625. The molecule has 1 N–H and O–H groups in total. The highest BCUT2D eigenvalue weighted by Gasteiger charge is 2.23. The average molecular weight is 472 g/mol. The molecule has 1 unspecified atom stereocenters. The summed E-state index contributed by atoms with van der Waals surface area (Å²) >= 11 is 0. The van der Waals surface area contributed by atoms with Gasteiger partial charge in [-0.15, -0.1) is 0 Å². The number of benzene rings is 2. The minimum absolute atomic E-state index is 0.107. The largest absolute Gasteiger partial charge is 0.419 e. The Morgan fingerprint density at radius 1 is 1.18 bits per heavy atom. The molecule has 4 rings (SSSR count). The predicted molar refractivity (Wildman–Crippen MR) is 121 cm³/mol. The summed E-state index contributed by atoms with van der Waals surface area (Å²) < 4.78 is 25.3. The zero-order valence-electron chi connectivity index (χ0n) is 18.4. The van der Waals surface area contributed by atoms with E-state index in [4.69, 9.17) is 9.15 Å². The molecular formula is C23H25FN4O6. The quantitative estimate of drug-likeness (QED) is 0.375. The number of aryl methyl sites for hydroxylation is 1. The fourth-order valence-corrected chi connectivity index (χ4v) is 4.11. The van der Waals surface area contributed by atoms with Crippen LogP contribution in [0.1, 0.15) is 24.4 Å². The van der Waals surface area contributed by atoms with Gasteiger partial charge < -0.3 is 14.5 Å². The number of nitro benzene ring substituents is 1. The lowest BCUT2D eigenvalue weighted by Crippen LogP contribution is -2.43. The number of nitrogens with zero attached hydrogens (tertiary/aromatic N) is 3. The second-order valence-electron chi connectivity index (χ2n) is 8.05. The standard InChI is InChI=1S/C23H25FN4O6/c24-17-5-3-16(4-6-17)20(26-10-12-33-13-11-26)15-25-22(29)2-1-9-27-19-8-7-18(28(31)32)14-21(19)34-23(27)30/h3-8,14,20H,1-2,9-13,15H2,(H,25,29). The molecule has 1 aliphatic rings. The van der Waals surface area contributed by atoms with Crippen molar-refractivity contribution >= 4 is 22.7 Å². The van der Waals surface area contributed by atoms with Crippen LogP contribution in [0, 0.1) is 15.9 Å². The van der Waals surface area contributed by atoms with E-state index >= 15 is 0 Å². The molecule has 1 fully saturated rings. The summed E-state index contributed by atoms with van der Waals surface area (Å²) in [6.45, 7) is 3.23. The smallest absolute Gasteiger partial charge is 0.407 e. The molecule has 2 heterocycles. The van der Waals surface area contributed by atoms with Gasteiger partial charge in [-0.3, -0.25) is 24.4 Å². The third-order valence-corrected chi connectivity index (χ3v) is 5.88. The Morgan fingerprint density at radius 2 is 1.91 bits per heavy atom. The van der Waals surface area contributed by atoms with E-state index in [1.54, 1.807) is 12.1 Å². The van der Waals surface area contributed by atoms with Gasteiger partial charge in [0.15, 0.2) is 5.58 Å². The number of rotatable bonds is 9. The predicted octanol–water partition coefficient (Wildman–Crippen LogP) is 2.61. The van der Waals surface area contributed by atoms with E-state index < -0.39 is 10.7 Å². The van der Waals surface area contributed by atoms with E-state index in [2.05, 4.69) is 10.2 Å². The number of halogens is 1. The summed E-state index contributed by atoms with van der Waals surface area (Å²) in [5.74, 6) is -1.11. The van der Waals surface area contributed by atoms with Crippen molar-refractivity contribution in [2.75, 3.05) is 32.8 Å². The molecule has 0 radical (unpaired) electrons. The van der Waals surface area contributed by atoms with Gasteiger partial charge in [-0.1, -0.05) is 12.1 Å². The van der Waals surface area contributed by atoms with Crippen molar-refractivity contribution in [3.8, 4) is 0 Å². The van der Waals surface area contributed by atoms with Gasteiger partial charge >= 0.3 is 5.76 Å². The third-order valence-electron chi connectivity index (χ3n) is 5.88. The molecular weight excluding hydrogens is 447 g/mol. The van der Waals surface area contributed by atoms with Crippen molar-refractivity contribution in [3.63, 3.8) is 0 Å². The monoisotopic (exact) mass is 472 g/mol. The molecule has 1 atom stereocenters. The number of hydrogen-bond donors (Lipinski definition) is 1. The summed E-state index contributed by atoms with van der Waals surface area (Å²) in [5, 5.41) is 13.9. The Morgan fingerprint density at radius 3 is 2.62 bits per heavy atom. The maximum atomic E-state index is 13.4. The highest BCUT2D eigenvalue weighted by atomic mass is 19.1. The lowest BCUT2D eigenvalue weighted by molar-refractivity contribution is -0.384. The molecule has 1 saturated heterocycles. The topological polar surface area (TPSA) is 120 Å². The molecule has 0 spiro atoms. The summed E-state index contributed by atoms with van der Waals surface area (Å²) in [6.07, 6.45) is 0.571. The van der Waals surface area contributed by atoms with Crippen LogP contribution in [0.3, 0.4) is 0 Å². The van der Waals surface area contributed by atoms with Crippen LogP contribution in [-0.4, -0.2) is 53.1 Å².